The summed E-state index contributed by atoms with van der Waals surface area (Å²) < 4.78 is 8.02. The average Bonchev–Trinajstić information content (AvgIpc) is 2.91. The molecule has 0 saturated heterocycles. The van der Waals surface area contributed by atoms with Gasteiger partial charge in [-0.2, -0.15) is 0 Å². The number of ether oxygens (including phenoxy) is 1. The number of aromatic nitrogens is 1. The molecule has 0 radical (unpaired) electrons. The second kappa shape index (κ2) is 22.5. The summed E-state index contributed by atoms with van der Waals surface area (Å²) in [7, 11) is 0. The van der Waals surface area contributed by atoms with Crippen molar-refractivity contribution in [1.29, 1.82) is 0 Å². The van der Waals surface area contributed by atoms with Crippen LogP contribution in [0, 0.1) is 0 Å². The first-order valence-electron chi connectivity index (χ1n) is 14.8. The molecule has 2 rings (SSSR count). The summed E-state index contributed by atoms with van der Waals surface area (Å²) in [6, 6.07) is 11.7. The minimum atomic E-state index is -0.0375. The number of hydrogen-bond donors (Lipinski definition) is 1. The highest BCUT2D eigenvalue weighted by Gasteiger charge is 2.12. The van der Waals surface area contributed by atoms with E-state index in [9.17, 15) is 4.79 Å². The quantitative estimate of drug-likeness (QED) is 0.112. The van der Waals surface area contributed by atoms with Crippen molar-refractivity contribution in [2.45, 2.75) is 123 Å². The summed E-state index contributed by atoms with van der Waals surface area (Å²) >= 11 is 6.45. The number of hydrogen-bond acceptors (Lipinski definition) is 2. The Balaban J connectivity index is 0.00000722. The number of nitrogens with zero attached hydrogens (tertiary/aromatic N) is 1. The molecule has 1 aromatic heterocycles. The van der Waals surface area contributed by atoms with Gasteiger partial charge in [-0.1, -0.05) is 114 Å². The summed E-state index contributed by atoms with van der Waals surface area (Å²) in [6.07, 6.45) is 21.2. The minimum absolute atomic E-state index is 0. The first-order valence-corrected chi connectivity index (χ1v) is 15.2. The molecule has 2 aromatic rings. The van der Waals surface area contributed by atoms with Gasteiger partial charge in [0, 0.05) is 17.2 Å². The van der Waals surface area contributed by atoms with Crippen LogP contribution in [-0.4, -0.2) is 12.5 Å². The summed E-state index contributed by atoms with van der Waals surface area (Å²) in [4.78, 5) is 12.4. The van der Waals surface area contributed by atoms with Crippen molar-refractivity contribution in [3.63, 3.8) is 0 Å². The molecule has 6 heteroatoms. The van der Waals surface area contributed by atoms with Gasteiger partial charge in [0.05, 0.1) is 13.0 Å². The van der Waals surface area contributed by atoms with E-state index in [2.05, 4.69) is 23.7 Å². The van der Waals surface area contributed by atoms with Crippen molar-refractivity contribution in [3.05, 3.63) is 58.9 Å². The van der Waals surface area contributed by atoms with E-state index in [1.54, 1.807) is 0 Å². The lowest BCUT2D eigenvalue weighted by Crippen LogP contribution is -3.00. The number of amides is 1. The number of carbonyl (C=O) groups is 1. The third-order valence-corrected chi connectivity index (χ3v) is 7.34. The van der Waals surface area contributed by atoms with Crippen LogP contribution >= 0.6 is 11.6 Å². The molecule has 0 aliphatic heterocycles. The molecule has 1 aromatic carbocycles. The number of nitrogens with one attached hydrogen (secondary N) is 1. The van der Waals surface area contributed by atoms with Crippen LogP contribution in [0.5, 0.6) is 5.75 Å². The zero-order valence-electron chi connectivity index (χ0n) is 23.8. The van der Waals surface area contributed by atoms with Crippen LogP contribution < -0.4 is 38.6 Å². The minimum Gasteiger partial charge on any atom is -1.00 e. The molecule has 0 saturated carbocycles. The van der Waals surface area contributed by atoms with Gasteiger partial charge in [-0.25, -0.2) is 4.57 Å². The lowest BCUT2D eigenvalue weighted by Gasteiger charge is -2.10. The Kier molecular flexibility index (Phi) is 20.5. The molecule has 0 atom stereocenters. The van der Waals surface area contributed by atoms with Crippen LogP contribution in [0.15, 0.2) is 42.6 Å². The number of rotatable bonds is 21. The topological polar surface area (TPSA) is 42.2 Å². The number of pyridine rings is 1. The highest BCUT2D eigenvalue weighted by Crippen LogP contribution is 2.23. The highest BCUT2D eigenvalue weighted by atomic mass is 127. The Hall–Kier alpha value is -1.34. The standard InChI is InChI=1S/C32H49ClN2O2.HI/c1-3-5-6-7-8-9-10-11-12-13-14-15-16-19-24-37-30-22-21-28(31(33)26-30)25-32(36)34-27-29-20-17-18-23-35(29)4-2;/h17-18,20-23,26H,3-16,19,24-25,27H2,1-2H3;1H. The molecule has 38 heavy (non-hydrogen) atoms. The molecule has 0 unspecified atom stereocenters. The fraction of sp³-hybridized carbons (Fsp3) is 0.625. The van der Waals surface area contributed by atoms with Crippen molar-refractivity contribution in [3.8, 4) is 5.75 Å². The maximum Gasteiger partial charge on any atom is 0.224 e. The fourth-order valence-corrected chi connectivity index (χ4v) is 4.89. The Bertz CT molecular complexity index is 894. The molecule has 1 heterocycles. The van der Waals surface area contributed by atoms with E-state index in [0.29, 0.717) is 18.2 Å². The van der Waals surface area contributed by atoms with Gasteiger partial charge in [0.1, 0.15) is 18.8 Å². The molecule has 0 spiro atoms. The molecular formula is C32H50ClIN2O2. The van der Waals surface area contributed by atoms with Crippen LogP contribution in [0.3, 0.4) is 0 Å². The van der Waals surface area contributed by atoms with Crippen molar-refractivity contribution in [2.24, 2.45) is 0 Å². The van der Waals surface area contributed by atoms with Crippen LogP contribution in [0.4, 0.5) is 0 Å². The van der Waals surface area contributed by atoms with E-state index in [4.69, 9.17) is 16.3 Å². The predicted molar refractivity (Wildman–Crippen MR) is 155 cm³/mol. The molecule has 214 valence electrons. The van der Waals surface area contributed by atoms with Gasteiger partial charge in [0.15, 0.2) is 6.20 Å². The number of aryl methyl sites for hydroxylation is 1. The Morgan fingerprint density at radius 1 is 0.842 bits per heavy atom. The Morgan fingerprint density at radius 2 is 1.45 bits per heavy atom. The fourth-order valence-electron chi connectivity index (χ4n) is 4.65. The van der Waals surface area contributed by atoms with Crippen LogP contribution in [0.2, 0.25) is 5.02 Å². The van der Waals surface area contributed by atoms with Gasteiger partial charge in [-0.3, -0.25) is 4.79 Å². The summed E-state index contributed by atoms with van der Waals surface area (Å²) in [6.45, 7) is 6.46. The predicted octanol–water partition coefficient (Wildman–Crippen LogP) is 5.37. The summed E-state index contributed by atoms with van der Waals surface area (Å²) in [5.74, 6) is 0.738. The van der Waals surface area contributed by atoms with E-state index in [-0.39, 0.29) is 36.3 Å². The van der Waals surface area contributed by atoms with Gasteiger partial charge in [0.2, 0.25) is 11.6 Å². The Labute approximate surface area is 254 Å². The molecule has 0 bridgehead atoms. The zero-order valence-corrected chi connectivity index (χ0v) is 26.7. The number of benzene rings is 1. The normalized spacial score (nSPS) is 10.7. The van der Waals surface area contributed by atoms with Gasteiger partial charge in [-0.05, 0) is 31.0 Å². The number of halogens is 2. The van der Waals surface area contributed by atoms with E-state index in [1.807, 2.05) is 42.6 Å². The molecule has 1 N–H and O–H groups in total. The molecular weight excluding hydrogens is 607 g/mol. The number of unbranched alkanes of at least 4 members (excludes halogenated alkanes) is 13. The lowest BCUT2D eigenvalue weighted by atomic mass is 10.0. The largest absolute Gasteiger partial charge is 1.00 e. The second-order valence-corrected chi connectivity index (χ2v) is 10.5. The van der Waals surface area contributed by atoms with Crippen molar-refractivity contribution in [2.75, 3.05) is 6.61 Å². The van der Waals surface area contributed by atoms with E-state index >= 15 is 0 Å². The SMILES string of the molecule is CCCCCCCCCCCCCCCCOc1ccc(CC(=O)NCc2cccc[n+]2CC)c(Cl)c1.[I-]. The van der Waals surface area contributed by atoms with Crippen LogP contribution in [0.25, 0.3) is 0 Å². The van der Waals surface area contributed by atoms with Gasteiger partial charge >= 0.3 is 0 Å². The van der Waals surface area contributed by atoms with Gasteiger partial charge in [0.25, 0.3) is 0 Å². The Morgan fingerprint density at radius 3 is 2.03 bits per heavy atom. The first kappa shape index (κ1) is 34.7. The molecule has 0 aliphatic rings. The van der Waals surface area contributed by atoms with Crippen LogP contribution in [-0.2, 0) is 24.3 Å². The molecule has 0 aliphatic carbocycles. The third kappa shape index (κ3) is 15.3. The smallest absolute Gasteiger partial charge is 0.224 e. The van der Waals surface area contributed by atoms with E-state index < -0.39 is 0 Å². The van der Waals surface area contributed by atoms with Crippen molar-refractivity contribution in [1.82, 2.24) is 5.32 Å². The molecule has 4 nitrogen and oxygen atoms in total. The summed E-state index contributed by atoms with van der Waals surface area (Å²) in [5.41, 5.74) is 1.90. The van der Waals surface area contributed by atoms with Gasteiger partial charge < -0.3 is 34.0 Å². The van der Waals surface area contributed by atoms with Crippen molar-refractivity contribution >= 4 is 17.5 Å². The second-order valence-electron chi connectivity index (χ2n) is 10.1. The first-order chi connectivity index (χ1) is 18.1. The zero-order chi connectivity index (χ0) is 26.6. The van der Waals surface area contributed by atoms with Crippen LogP contribution in [0.1, 0.15) is 115 Å². The van der Waals surface area contributed by atoms with Crippen molar-refractivity contribution < 1.29 is 38.1 Å². The maximum atomic E-state index is 12.4. The van der Waals surface area contributed by atoms with Gasteiger partial charge in [-0.15, -0.1) is 0 Å². The lowest BCUT2D eigenvalue weighted by molar-refractivity contribution is -0.701. The monoisotopic (exact) mass is 656 g/mol. The maximum absolute atomic E-state index is 12.4. The molecule has 1 amide bonds. The molecule has 0 fully saturated rings. The number of carbonyl (C=O) groups excluding carboxylic acids is 1. The van der Waals surface area contributed by atoms with E-state index in [0.717, 1.165) is 30.0 Å². The van der Waals surface area contributed by atoms with E-state index in [1.165, 1.54) is 83.5 Å². The third-order valence-electron chi connectivity index (χ3n) is 6.98. The summed E-state index contributed by atoms with van der Waals surface area (Å²) in [5, 5.41) is 3.58. The highest BCUT2D eigenvalue weighted by molar-refractivity contribution is 6.31. The average molecular weight is 657 g/mol.